The van der Waals surface area contributed by atoms with E-state index in [-0.39, 0.29) is 11.8 Å². The zero-order valence-electron chi connectivity index (χ0n) is 14.0. The number of hydrogen-bond acceptors (Lipinski definition) is 5. The Bertz CT molecular complexity index is 1110. The van der Waals surface area contributed by atoms with Crippen LogP contribution in [0.25, 0.3) is 11.3 Å². The number of pyridine rings is 1. The van der Waals surface area contributed by atoms with Gasteiger partial charge in [0.2, 0.25) is 5.91 Å². The fourth-order valence-corrected chi connectivity index (χ4v) is 2.99. The lowest BCUT2D eigenvalue weighted by Gasteiger charge is -2.01. The molecule has 0 aliphatic heterocycles. The van der Waals surface area contributed by atoms with Gasteiger partial charge in [-0.15, -0.1) is 10.2 Å². The summed E-state index contributed by atoms with van der Waals surface area (Å²) < 4.78 is 3.70. The lowest BCUT2D eigenvalue weighted by atomic mass is 10.2. The van der Waals surface area contributed by atoms with Crippen molar-refractivity contribution < 1.29 is 4.79 Å². The van der Waals surface area contributed by atoms with E-state index >= 15 is 0 Å². The highest BCUT2D eigenvalue weighted by Gasteiger charge is 2.30. The summed E-state index contributed by atoms with van der Waals surface area (Å²) in [5.41, 5.74) is 2.49. The van der Waals surface area contributed by atoms with Crippen molar-refractivity contribution in [3.05, 3.63) is 54.2 Å². The van der Waals surface area contributed by atoms with Crippen LogP contribution in [0.1, 0.15) is 24.4 Å². The largest absolute Gasteiger partial charge is 0.309 e. The Labute approximate surface area is 148 Å². The number of aromatic nitrogens is 6. The summed E-state index contributed by atoms with van der Waals surface area (Å²) in [5.74, 6) is 1.66. The quantitative estimate of drug-likeness (QED) is 0.596. The number of hydrogen-bond donors (Lipinski definition) is 1. The Morgan fingerprint density at radius 1 is 1.12 bits per heavy atom. The smallest absolute Gasteiger partial charge is 0.228 e. The van der Waals surface area contributed by atoms with Crippen molar-refractivity contribution in [2.24, 2.45) is 5.92 Å². The van der Waals surface area contributed by atoms with Gasteiger partial charge >= 0.3 is 0 Å². The molecule has 0 bridgehead atoms. The number of aryl methyl sites for hydroxylation is 2. The van der Waals surface area contributed by atoms with Crippen LogP contribution in [0.4, 0.5) is 5.82 Å². The van der Waals surface area contributed by atoms with E-state index < -0.39 is 0 Å². The molecule has 130 valence electrons. The fraction of sp³-hybridized carbons (Fsp3) is 0.278. The number of anilines is 1. The molecule has 8 heteroatoms. The lowest BCUT2D eigenvalue weighted by molar-refractivity contribution is -0.117. The maximum absolute atomic E-state index is 11.9. The molecule has 4 aromatic heterocycles. The van der Waals surface area contributed by atoms with Gasteiger partial charge in [0.1, 0.15) is 5.82 Å². The minimum Gasteiger partial charge on any atom is -0.309 e. The first-order chi connectivity index (χ1) is 12.8. The number of rotatable bonds is 5. The summed E-state index contributed by atoms with van der Waals surface area (Å²) in [5, 5.41) is 15.9. The normalized spacial score (nSPS) is 14.2. The minimum absolute atomic E-state index is 0.0484. The van der Waals surface area contributed by atoms with Crippen molar-refractivity contribution in [1.29, 1.82) is 0 Å². The van der Waals surface area contributed by atoms with Crippen molar-refractivity contribution in [2.75, 3.05) is 5.32 Å². The van der Waals surface area contributed by atoms with Crippen LogP contribution < -0.4 is 5.32 Å². The Hall–Kier alpha value is -3.29. The highest BCUT2D eigenvalue weighted by molar-refractivity contribution is 5.93. The highest BCUT2D eigenvalue weighted by Crippen LogP contribution is 2.30. The molecule has 0 unspecified atom stereocenters. The minimum atomic E-state index is 0.0484. The van der Waals surface area contributed by atoms with Gasteiger partial charge in [0.25, 0.3) is 0 Å². The van der Waals surface area contributed by atoms with Crippen LogP contribution in [-0.4, -0.2) is 35.1 Å². The second-order valence-corrected chi connectivity index (χ2v) is 6.56. The van der Waals surface area contributed by atoms with Crippen molar-refractivity contribution in [3.8, 4) is 0 Å². The topological polar surface area (TPSA) is 89.5 Å². The number of nitrogens with one attached hydrogen (secondary N) is 1. The molecule has 26 heavy (non-hydrogen) atoms. The molecule has 4 aromatic rings. The van der Waals surface area contributed by atoms with Gasteiger partial charge in [-0.25, -0.2) is 9.50 Å². The van der Waals surface area contributed by atoms with E-state index in [1.807, 2.05) is 40.9 Å². The van der Waals surface area contributed by atoms with Gasteiger partial charge in [-0.3, -0.25) is 9.20 Å². The third-order valence-electron chi connectivity index (χ3n) is 4.56. The van der Waals surface area contributed by atoms with Gasteiger partial charge in [0, 0.05) is 18.5 Å². The molecule has 1 aliphatic rings. The Balaban J connectivity index is 1.33. The van der Waals surface area contributed by atoms with E-state index in [4.69, 9.17) is 0 Å². The summed E-state index contributed by atoms with van der Waals surface area (Å²) in [6.45, 7) is 0. The second kappa shape index (κ2) is 5.91. The Kier molecular flexibility index (Phi) is 3.41. The molecule has 1 saturated carbocycles. The van der Waals surface area contributed by atoms with Crippen LogP contribution in [0.15, 0.2) is 42.7 Å². The summed E-state index contributed by atoms with van der Waals surface area (Å²) in [7, 11) is 0. The van der Waals surface area contributed by atoms with Crippen molar-refractivity contribution in [3.63, 3.8) is 0 Å². The molecule has 0 aromatic carbocycles. The summed E-state index contributed by atoms with van der Waals surface area (Å²) in [6.07, 6.45) is 7.15. The Morgan fingerprint density at radius 3 is 2.92 bits per heavy atom. The SMILES string of the molecule is O=C(Nc1cn2nc(CCc3nnc4ccccn34)ccc2n1)C1CC1. The van der Waals surface area contributed by atoms with E-state index in [0.29, 0.717) is 11.5 Å². The van der Waals surface area contributed by atoms with E-state index in [2.05, 4.69) is 25.6 Å². The predicted molar refractivity (Wildman–Crippen MR) is 94.7 cm³/mol. The van der Waals surface area contributed by atoms with Gasteiger partial charge < -0.3 is 5.32 Å². The van der Waals surface area contributed by atoms with Crippen LogP contribution in [0.3, 0.4) is 0 Å². The van der Waals surface area contributed by atoms with Crippen LogP contribution in [0.5, 0.6) is 0 Å². The standard InChI is InChI=1S/C18H17N7O/c26-18(12-4-5-12)20-14-11-25-15(19-14)8-6-13(23-25)7-9-17-22-21-16-3-1-2-10-24(16)17/h1-3,6,8,10-12H,4-5,7,9H2,(H,20,26). The predicted octanol–water partition coefficient (Wildman–Crippen LogP) is 1.91. The zero-order valence-corrected chi connectivity index (χ0v) is 14.0. The lowest BCUT2D eigenvalue weighted by Crippen LogP contribution is -2.13. The van der Waals surface area contributed by atoms with Crippen LogP contribution in [0, 0.1) is 5.92 Å². The molecular formula is C18H17N7O. The average Bonchev–Trinajstić information content (AvgIpc) is 3.31. The molecule has 0 spiro atoms. The monoisotopic (exact) mass is 347 g/mol. The molecule has 0 saturated heterocycles. The van der Waals surface area contributed by atoms with Crippen molar-refractivity contribution in [1.82, 2.24) is 29.2 Å². The highest BCUT2D eigenvalue weighted by atomic mass is 16.2. The van der Waals surface area contributed by atoms with E-state index in [1.54, 1.807) is 10.7 Å². The van der Waals surface area contributed by atoms with Crippen molar-refractivity contribution >= 4 is 23.0 Å². The van der Waals surface area contributed by atoms with Crippen LogP contribution in [0.2, 0.25) is 0 Å². The third-order valence-corrected chi connectivity index (χ3v) is 4.56. The first kappa shape index (κ1) is 15.0. The molecule has 5 rings (SSSR count). The van der Waals surface area contributed by atoms with Crippen molar-refractivity contribution in [2.45, 2.75) is 25.7 Å². The number of fused-ring (bicyclic) bond motifs is 2. The molecule has 8 nitrogen and oxygen atoms in total. The second-order valence-electron chi connectivity index (χ2n) is 6.56. The molecule has 1 N–H and O–H groups in total. The molecular weight excluding hydrogens is 330 g/mol. The first-order valence-electron chi connectivity index (χ1n) is 8.71. The van der Waals surface area contributed by atoms with Crippen LogP contribution in [-0.2, 0) is 17.6 Å². The van der Waals surface area contributed by atoms with Gasteiger partial charge in [0.05, 0.1) is 11.9 Å². The number of imidazole rings is 1. The molecule has 4 heterocycles. The van der Waals surface area contributed by atoms with Crippen LogP contribution >= 0.6 is 0 Å². The summed E-state index contributed by atoms with van der Waals surface area (Å²) >= 11 is 0. The molecule has 0 atom stereocenters. The molecule has 1 amide bonds. The maximum atomic E-state index is 11.9. The van der Waals surface area contributed by atoms with E-state index in [1.165, 1.54) is 0 Å². The molecule has 1 aliphatic carbocycles. The van der Waals surface area contributed by atoms with Gasteiger partial charge in [-0.2, -0.15) is 5.10 Å². The number of amides is 1. The first-order valence-corrected chi connectivity index (χ1v) is 8.71. The fourth-order valence-electron chi connectivity index (χ4n) is 2.99. The van der Waals surface area contributed by atoms with E-state index in [9.17, 15) is 4.79 Å². The van der Waals surface area contributed by atoms with Gasteiger partial charge in [-0.1, -0.05) is 6.07 Å². The van der Waals surface area contributed by atoms with E-state index in [0.717, 1.165) is 42.8 Å². The van der Waals surface area contributed by atoms with Gasteiger partial charge in [-0.05, 0) is 43.5 Å². The third kappa shape index (κ3) is 2.79. The molecule has 0 radical (unpaired) electrons. The summed E-state index contributed by atoms with van der Waals surface area (Å²) in [4.78, 5) is 16.3. The number of carbonyl (C=O) groups is 1. The van der Waals surface area contributed by atoms with Gasteiger partial charge in [0.15, 0.2) is 17.1 Å². The summed E-state index contributed by atoms with van der Waals surface area (Å²) in [6, 6.07) is 9.72. The Morgan fingerprint density at radius 2 is 2.04 bits per heavy atom. The molecule has 1 fully saturated rings. The maximum Gasteiger partial charge on any atom is 0.228 e. The number of carbonyl (C=O) groups excluding carboxylic acids is 1. The zero-order chi connectivity index (χ0) is 17.5. The average molecular weight is 347 g/mol. The number of nitrogens with zero attached hydrogens (tertiary/aromatic N) is 6.